The molecular formula is C20H23NO4. The highest BCUT2D eigenvalue weighted by molar-refractivity contribution is 5.85. The Hall–Kier alpha value is -2.56. The molecule has 0 heterocycles. The topological polar surface area (TPSA) is 55.8 Å². The lowest BCUT2D eigenvalue weighted by molar-refractivity contribution is -0.153. The van der Waals surface area contributed by atoms with Crippen LogP contribution in [0.2, 0.25) is 0 Å². The summed E-state index contributed by atoms with van der Waals surface area (Å²) in [6.07, 6.45) is 0.866. The molecule has 3 rings (SSSR count). The molecule has 0 unspecified atom stereocenters. The van der Waals surface area contributed by atoms with E-state index in [0.29, 0.717) is 12.5 Å². The molecule has 132 valence electrons. The number of hydrogen-bond acceptors (Lipinski definition) is 4. The van der Waals surface area contributed by atoms with Crippen molar-refractivity contribution in [2.45, 2.75) is 19.9 Å². The summed E-state index contributed by atoms with van der Waals surface area (Å²) in [6.45, 7) is 2.29. The fourth-order valence-electron chi connectivity index (χ4n) is 2.86. The number of likely N-dealkylation sites (N-methyl/N-ethyl adjacent to an activating group) is 1. The van der Waals surface area contributed by atoms with Gasteiger partial charge in [0, 0.05) is 13.6 Å². The highest BCUT2D eigenvalue weighted by Gasteiger charge is 2.40. The zero-order valence-corrected chi connectivity index (χ0v) is 14.8. The molecule has 0 spiro atoms. The molecule has 5 nitrogen and oxygen atoms in total. The number of carbonyl (C=O) groups excluding carboxylic acids is 2. The SMILES string of the molecule is COc1ccc2cc(CN(C)C(=O)COC(=O)[C@@H]3C[C@H]3C)ccc2c1. The number of methoxy groups -OCH3 is 1. The summed E-state index contributed by atoms with van der Waals surface area (Å²) in [5, 5.41) is 2.18. The largest absolute Gasteiger partial charge is 0.497 e. The first-order valence-corrected chi connectivity index (χ1v) is 8.45. The zero-order chi connectivity index (χ0) is 18.0. The van der Waals surface area contributed by atoms with Crippen molar-refractivity contribution < 1.29 is 19.1 Å². The Labute approximate surface area is 147 Å². The van der Waals surface area contributed by atoms with Crippen LogP contribution >= 0.6 is 0 Å². The van der Waals surface area contributed by atoms with Gasteiger partial charge in [0.05, 0.1) is 13.0 Å². The zero-order valence-electron chi connectivity index (χ0n) is 14.8. The second-order valence-corrected chi connectivity index (χ2v) is 6.72. The van der Waals surface area contributed by atoms with Crippen molar-refractivity contribution in [3.63, 3.8) is 0 Å². The maximum absolute atomic E-state index is 12.2. The number of esters is 1. The van der Waals surface area contributed by atoms with Gasteiger partial charge in [-0.1, -0.05) is 25.1 Å². The molecule has 0 bridgehead atoms. The molecule has 2 aromatic rings. The maximum atomic E-state index is 12.2. The first kappa shape index (κ1) is 17.3. The van der Waals surface area contributed by atoms with Gasteiger partial charge in [-0.15, -0.1) is 0 Å². The molecule has 25 heavy (non-hydrogen) atoms. The molecule has 0 radical (unpaired) electrons. The lowest BCUT2D eigenvalue weighted by atomic mass is 10.1. The monoisotopic (exact) mass is 341 g/mol. The van der Waals surface area contributed by atoms with Crippen LogP contribution in [0.25, 0.3) is 10.8 Å². The van der Waals surface area contributed by atoms with E-state index >= 15 is 0 Å². The Balaban J connectivity index is 1.58. The van der Waals surface area contributed by atoms with Crippen LogP contribution < -0.4 is 4.74 Å². The number of benzene rings is 2. The van der Waals surface area contributed by atoms with Gasteiger partial charge < -0.3 is 14.4 Å². The lowest BCUT2D eigenvalue weighted by Gasteiger charge is -2.17. The minimum absolute atomic E-state index is 0.0180. The van der Waals surface area contributed by atoms with E-state index in [1.54, 1.807) is 19.1 Å². The van der Waals surface area contributed by atoms with Crippen molar-refractivity contribution in [1.29, 1.82) is 0 Å². The number of rotatable bonds is 6. The normalized spacial score (nSPS) is 18.7. The molecular weight excluding hydrogens is 318 g/mol. The van der Waals surface area contributed by atoms with Crippen LogP contribution in [0.4, 0.5) is 0 Å². The van der Waals surface area contributed by atoms with E-state index in [1.807, 2.05) is 37.3 Å². The maximum Gasteiger partial charge on any atom is 0.309 e. The van der Waals surface area contributed by atoms with E-state index < -0.39 is 0 Å². The van der Waals surface area contributed by atoms with Crippen molar-refractivity contribution >= 4 is 22.6 Å². The molecule has 1 saturated carbocycles. The first-order chi connectivity index (χ1) is 12.0. The summed E-state index contributed by atoms with van der Waals surface area (Å²) in [5.41, 5.74) is 1.02. The lowest BCUT2D eigenvalue weighted by Crippen LogP contribution is -2.31. The van der Waals surface area contributed by atoms with Crippen LogP contribution in [0.1, 0.15) is 18.9 Å². The van der Waals surface area contributed by atoms with Crippen LogP contribution in [0.15, 0.2) is 36.4 Å². The number of amides is 1. The summed E-state index contributed by atoms with van der Waals surface area (Å²) < 4.78 is 10.3. The standard InChI is InChI=1S/C20H23NO4/c1-13-8-18(13)20(23)25-12-19(22)21(2)11-14-4-5-16-10-17(24-3)7-6-15(16)9-14/h4-7,9-10,13,18H,8,11-12H2,1-3H3/t13-,18-/m1/s1. The van der Waals surface area contributed by atoms with Crippen molar-refractivity contribution in [2.24, 2.45) is 11.8 Å². The highest BCUT2D eigenvalue weighted by Crippen LogP contribution is 2.38. The van der Waals surface area contributed by atoms with Crippen molar-refractivity contribution in [3.05, 3.63) is 42.0 Å². The van der Waals surface area contributed by atoms with Gasteiger partial charge in [0.2, 0.25) is 0 Å². The van der Waals surface area contributed by atoms with Crippen LogP contribution in [0, 0.1) is 11.8 Å². The Morgan fingerprint density at radius 1 is 1.16 bits per heavy atom. The molecule has 0 saturated heterocycles. The Bertz CT molecular complexity index is 801. The second-order valence-electron chi connectivity index (χ2n) is 6.72. The van der Waals surface area contributed by atoms with Crippen molar-refractivity contribution in [1.82, 2.24) is 4.90 Å². The Morgan fingerprint density at radius 2 is 1.84 bits per heavy atom. The van der Waals surface area contributed by atoms with Crippen LogP contribution in [-0.2, 0) is 20.9 Å². The van der Waals surface area contributed by atoms with Gasteiger partial charge in [0.1, 0.15) is 5.75 Å². The third kappa shape index (κ3) is 4.10. The van der Waals surface area contributed by atoms with Gasteiger partial charge in [-0.05, 0) is 46.9 Å². The number of hydrogen-bond donors (Lipinski definition) is 0. The highest BCUT2D eigenvalue weighted by atomic mass is 16.5. The van der Waals surface area contributed by atoms with Gasteiger partial charge in [-0.3, -0.25) is 9.59 Å². The average Bonchev–Trinajstić information content (AvgIpc) is 3.35. The minimum Gasteiger partial charge on any atom is -0.497 e. The quantitative estimate of drug-likeness (QED) is 0.758. The third-order valence-electron chi connectivity index (χ3n) is 4.71. The average molecular weight is 341 g/mol. The van der Waals surface area contributed by atoms with E-state index in [4.69, 9.17) is 9.47 Å². The molecule has 1 amide bonds. The van der Waals surface area contributed by atoms with Crippen LogP contribution in [-0.4, -0.2) is 37.5 Å². The summed E-state index contributed by atoms with van der Waals surface area (Å²) >= 11 is 0. The summed E-state index contributed by atoms with van der Waals surface area (Å²) in [7, 11) is 3.36. The predicted octanol–water partition coefficient (Wildman–Crippen LogP) is 3.01. The van der Waals surface area contributed by atoms with E-state index in [0.717, 1.165) is 28.5 Å². The number of ether oxygens (including phenoxy) is 2. The summed E-state index contributed by atoms with van der Waals surface area (Å²) in [6, 6.07) is 11.9. The smallest absolute Gasteiger partial charge is 0.309 e. The number of nitrogens with zero attached hydrogens (tertiary/aromatic N) is 1. The fourth-order valence-corrected chi connectivity index (χ4v) is 2.86. The predicted molar refractivity (Wildman–Crippen MR) is 95.2 cm³/mol. The minimum atomic E-state index is -0.256. The molecule has 1 aliphatic rings. The molecule has 2 aromatic carbocycles. The molecule has 5 heteroatoms. The summed E-state index contributed by atoms with van der Waals surface area (Å²) in [4.78, 5) is 25.4. The Morgan fingerprint density at radius 3 is 2.52 bits per heavy atom. The van der Waals surface area contributed by atoms with Crippen molar-refractivity contribution in [2.75, 3.05) is 20.8 Å². The summed E-state index contributed by atoms with van der Waals surface area (Å²) in [5.74, 6) is 0.733. The molecule has 0 N–H and O–H groups in total. The third-order valence-corrected chi connectivity index (χ3v) is 4.71. The van der Waals surface area contributed by atoms with E-state index in [2.05, 4.69) is 6.07 Å². The van der Waals surface area contributed by atoms with Gasteiger partial charge >= 0.3 is 5.97 Å². The molecule has 2 atom stereocenters. The van der Waals surface area contributed by atoms with Gasteiger partial charge in [-0.2, -0.15) is 0 Å². The molecule has 1 aliphatic carbocycles. The van der Waals surface area contributed by atoms with Gasteiger partial charge in [0.25, 0.3) is 5.91 Å². The number of fused-ring (bicyclic) bond motifs is 1. The number of carbonyl (C=O) groups is 2. The van der Waals surface area contributed by atoms with Crippen LogP contribution in [0.5, 0.6) is 5.75 Å². The van der Waals surface area contributed by atoms with Gasteiger partial charge in [0.15, 0.2) is 6.61 Å². The molecule has 0 aliphatic heterocycles. The van der Waals surface area contributed by atoms with E-state index in [1.165, 1.54) is 0 Å². The van der Waals surface area contributed by atoms with E-state index in [9.17, 15) is 9.59 Å². The first-order valence-electron chi connectivity index (χ1n) is 8.45. The fraction of sp³-hybridized carbons (Fsp3) is 0.400. The molecule has 1 fully saturated rings. The Kier molecular flexibility index (Phi) is 4.93. The molecule has 0 aromatic heterocycles. The second kappa shape index (κ2) is 7.13. The van der Waals surface area contributed by atoms with Gasteiger partial charge in [-0.25, -0.2) is 0 Å². The van der Waals surface area contributed by atoms with Crippen LogP contribution in [0.3, 0.4) is 0 Å². The van der Waals surface area contributed by atoms with E-state index in [-0.39, 0.29) is 24.4 Å². The van der Waals surface area contributed by atoms with Crippen molar-refractivity contribution in [3.8, 4) is 5.75 Å².